The molecule has 0 aliphatic heterocycles. The molecule has 1 heterocycles. The van der Waals surface area contributed by atoms with Gasteiger partial charge < -0.3 is 4.57 Å². The van der Waals surface area contributed by atoms with E-state index in [0.29, 0.717) is 12.0 Å². The molecule has 0 amide bonds. The average Bonchev–Trinajstić information content (AvgIpc) is 3.07. The first-order valence-corrected chi connectivity index (χ1v) is 6.33. The molecule has 0 spiro atoms. The highest BCUT2D eigenvalue weighted by atomic mass is 32.1. The molecule has 4 heteroatoms. The molecule has 1 N–H and O–H groups in total. The van der Waals surface area contributed by atoms with Gasteiger partial charge in [0.05, 0.1) is 0 Å². The van der Waals surface area contributed by atoms with Gasteiger partial charge in [0, 0.05) is 12.0 Å². The summed E-state index contributed by atoms with van der Waals surface area (Å²) in [5.74, 6) is 2.83. The highest BCUT2D eigenvalue weighted by Crippen LogP contribution is 2.42. The average molecular weight is 223 g/mol. The Morgan fingerprint density at radius 1 is 1.47 bits per heavy atom. The zero-order valence-corrected chi connectivity index (χ0v) is 9.89. The van der Waals surface area contributed by atoms with E-state index < -0.39 is 0 Å². The van der Waals surface area contributed by atoms with Crippen LogP contribution in [-0.2, 0) is 0 Å². The predicted molar refractivity (Wildman–Crippen MR) is 61.4 cm³/mol. The lowest BCUT2D eigenvalue weighted by atomic mass is 10.1. The molecule has 1 aromatic rings. The summed E-state index contributed by atoms with van der Waals surface area (Å²) in [5, 5.41) is 7.32. The Bertz CT molecular complexity index is 412. The van der Waals surface area contributed by atoms with Crippen LogP contribution in [0.25, 0.3) is 0 Å². The Kier molecular flexibility index (Phi) is 2.20. The standard InChI is InChI=1S/C11H17N3S/c1-7(6-8-2-3-8)14-10(9-4-5-9)12-13-11(14)15/h7-9H,2-6H2,1H3,(H,13,15). The maximum absolute atomic E-state index is 5.31. The quantitative estimate of drug-likeness (QED) is 0.795. The van der Waals surface area contributed by atoms with E-state index in [1.165, 1.54) is 37.9 Å². The molecule has 1 atom stereocenters. The molecule has 2 saturated carbocycles. The number of nitrogens with one attached hydrogen (secondary N) is 1. The van der Waals surface area contributed by atoms with E-state index >= 15 is 0 Å². The summed E-state index contributed by atoms with van der Waals surface area (Å²) < 4.78 is 3.07. The first kappa shape index (κ1) is 9.58. The maximum Gasteiger partial charge on any atom is 0.195 e. The predicted octanol–water partition coefficient (Wildman–Crippen LogP) is 3.18. The summed E-state index contributed by atoms with van der Waals surface area (Å²) in [5.41, 5.74) is 0. The van der Waals surface area contributed by atoms with Gasteiger partial charge in [0.25, 0.3) is 0 Å². The van der Waals surface area contributed by atoms with Crippen molar-refractivity contribution in [1.29, 1.82) is 0 Å². The zero-order valence-electron chi connectivity index (χ0n) is 9.07. The second-order valence-corrected chi connectivity index (χ2v) is 5.45. The SMILES string of the molecule is CC(CC1CC1)n1c(C2CC2)n[nH]c1=S. The van der Waals surface area contributed by atoms with Crippen LogP contribution in [0.15, 0.2) is 0 Å². The maximum atomic E-state index is 5.31. The number of H-pyrrole nitrogens is 1. The number of aromatic amines is 1. The molecule has 0 aromatic carbocycles. The van der Waals surface area contributed by atoms with Crippen LogP contribution in [0.4, 0.5) is 0 Å². The minimum Gasteiger partial charge on any atom is -0.301 e. The number of rotatable bonds is 4. The minimum atomic E-state index is 0.527. The molecular weight excluding hydrogens is 206 g/mol. The van der Waals surface area contributed by atoms with Crippen molar-refractivity contribution in [3.05, 3.63) is 10.6 Å². The molecule has 2 aliphatic rings. The fourth-order valence-electron chi connectivity index (χ4n) is 2.31. The summed E-state index contributed by atoms with van der Waals surface area (Å²) in [6.07, 6.45) is 6.67. The van der Waals surface area contributed by atoms with Gasteiger partial charge >= 0.3 is 0 Å². The molecular formula is C11H17N3S. The van der Waals surface area contributed by atoms with Crippen LogP contribution in [0.3, 0.4) is 0 Å². The molecule has 2 aliphatic carbocycles. The molecule has 0 radical (unpaired) electrons. The molecule has 1 aromatic heterocycles. The van der Waals surface area contributed by atoms with Crippen LogP contribution in [-0.4, -0.2) is 14.8 Å². The zero-order chi connectivity index (χ0) is 10.4. The van der Waals surface area contributed by atoms with Gasteiger partial charge in [-0.05, 0) is 44.3 Å². The summed E-state index contributed by atoms with van der Waals surface area (Å²) in [7, 11) is 0. The summed E-state index contributed by atoms with van der Waals surface area (Å²) in [4.78, 5) is 0. The number of hydrogen-bond acceptors (Lipinski definition) is 2. The highest BCUT2D eigenvalue weighted by molar-refractivity contribution is 7.71. The van der Waals surface area contributed by atoms with E-state index in [0.717, 1.165) is 10.7 Å². The van der Waals surface area contributed by atoms with Gasteiger partial charge in [-0.1, -0.05) is 12.8 Å². The fraction of sp³-hybridized carbons (Fsp3) is 0.818. The monoisotopic (exact) mass is 223 g/mol. The Hall–Kier alpha value is -0.640. The second kappa shape index (κ2) is 3.44. The topological polar surface area (TPSA) is 33.6 Å². The Labute approximate surface area is 94.9 Å². The minimum absolute atomic E-state index is 0.527. The molecule has 1 unspecified atom stereocenters. The lowest BCUT2D eigenvalue weighted by Crippen LogP contribution is -2.09. The van der Waals surface area contributed by atoms with E-state index in [1.54, 1.807) is 0 Å². The first-order valence-electron chi connectivity index (χ1n) is 5.92. The summed E-state index contributed by atoms with van der Waals surface area (Å²) in [6, 6.07) is 0.527. The van der Waals surface area contributed by atoms with Crippen LogP contribution in [0.5, 0.6) is 0 Å². The number of hydrogen-bond donors (Lipinski definition) is 1. The lowest BCUT2D eigenvalue weighted by molar-refractivity contribution is 0.457. The van der Waals surface area contributed by atoms with Crippen molar-refractivity contribution >= 4 is 12.2 Å². The van der Waals surface area contributed by atoms with Gasteiger partial charge in [-0.15, -0.1) is 0 Å². The van der Waals surface area contributed by atoms with Gasteiger partial charge in [0.2, 0.25) is 0 Å². The smallest absolute Gasteiger partial charge is 0.195 e. The van der Waals surface area contributed by atoms with Crippen molar-refractivity contribution < 1.29 is 0 Å². The van der Waals surface area contributed by atoms with Gasteiger partial charge in [0.1, 0.15) is 5.82 Å². The van der Waals surface area contributed by atoms with Gasteiger partial charge in [-0.2, -0.15) is 5.10 Å². The van der Waals surface area contributed by atoms with E-state index in [4.69, 9.17) is 12.2 Å². The van der Waals surface area contributed by atoms with E-state index in [-0.39, 0.29) is 0 Å². The van der Waals surface area contributed by atoms with E-state index in [2.05, 4.69) is 21.7 Å². The van der Waals surface area contributed by atoms with Crippen molar-refractivity contribution in [1.82, 2.24) is 14.8 Å². The van der Waals surface area contributed by atoms with E-state index in [9.17, 15) is 0 Å². The van der Waals surface area contributed by atoms with Crippen LogP contribution in [0.2, 0.25) is 0 Å². The second-order valence-electron chi connectivity index (χ2n) is 5.06. The largest absolute Gasteiger partial charge is 0.301 e. The summed E-state index contributed by atoms with van der Waals surface area (Å²) >= 11 is 5.31. The van der Waals surface area contributed by atoms with Gasteiger partial charge in [-0.25, -0.2) is 0 Å². The third-order valence-corrected chi connectivity index (χ3v) is 3.77. The normalized spacial score (nSPS) is 23.0. The molecule has 15 heavy (non-hydrogen) atoms. The Morgan fingerprint density at radius 2 is 2.20 bits per heavy atom. The summed E-state index contributed by atoms with van der Waals surface area (Å²) in [6.45, 7) is 2.27. The van der Waals surface area contributed by atoms with Crippen molar-refractivity contribution in [2.45, 2.75) is 51.0 Å². The van der Waals surface area contributed by atoms with Crippen LogP contribution < -0.4 is 0 Å². The number of nitrogens with zero attached hydrogens (tertiary/aromatic N) is 2. The Balaban J connectivity index is 1.86. The molecule has 0 saturated heterocycles. The first-order chi connectivity index (χ1) is 7.25. The van der Waals surface area contributed by atoms with Crippen LogP contribution in [0, 0.1) is 10.7 Å². The Morgan fingerprint density at radius 3 is 2.80 bits per heavy atom. The van der Waals surface area contributed by atoms with Crippen molar-refractivity contribution in [3.8, 4) is 0 Å². The van der Waals surface area contributed by atoms with Crippen molar-refractivity contribution in [2.24, 2.45) is 5.92 Å². The van der Waals surface area contributed by atoms with Crippen molar-refractivity contribution in [3.63, 3.8) is 0 Å². The van der Waals surface area contributed by atoms with E-state index in [1.807, 2.05) is 0 Å². The van der Waals surface area contributed by atoms with Gasteiger partial charge in [0.15, 0.2) is 4.77 Å². The molecule has 2 fully saturated rings. The molecule has 3 rings (SSSR count). The van der Waals surface area contributed by atoms with Crippen LogP contribution >= 0.6 is 12.2 Å². The molecule has 3 nitrogen and oxygen atoms in total. The molecule has 82 valence electrons. The third kappa shape index (κ3) is 1.87. The highest BCUT2D eigenvalue weighted by Gasteiger charge is 2.32. The lowest BCUT2D eigenvalue weighted by Gasteiger charge is -2.14. The van der Waals surface area contributed by atoms with Gasteiger partial charge in [-0.3, -0.25) is 5.10 Å². The van der Waals surface area contributed by atoms with Crippen LogP contribution in [0.1, 0.15) is 56.8 Å². The molecule has 0 bridgehead atoms. The fourth-order valence-corrected chi connectivity index (χ4v) is 2.63. The van der Waals surface area contributed by atoms with Crippen molar-refractivity contribution in [2.75, 3.05) is 0 Å². The number of aromatic nitrogens is 3. The third-order valence-electron chi connectivity index (χ3n) is 3.49.